The van der Waals surface area contributed by atoms with Gasteiger partial charge in [-0.25, -0.2) is 0 Å². The number of hydrogen-bond acceptors (Lipinski definition) is 4. The first-order valence-corrected chi connectivity index (χ1v) is 2.68. The fourth-order valence-electron chi connectivity index (χ4n) is 0. The van der Waals surface area contributed by atoms with Gasteiger partial charge in [-0.15, -0.1) is 0 Å². The van der Waals surface area contributed by atoms with E-state index in [9.17, 15) is 0 Å². The molecule has 0 amide bonds. The molecule has 0 rings (SSSR count). The molecule has 11 heavy (non-hydrogen) atoms. The summed E-state index contributed by atoms with van der Waals surface area (Å²) in [5.41, 5.74) is 0. The van der Waals surface area contributed by atoms with E-state index in [-0.39, 0.29) is 152 Å². The standard InChI is InChI=1S/Al.Ca.Ce.Fe.H4O4Si.H2O.Y.5H/c;;;;1-5(2,3)4;;;;;;;/h;;;;1-4H;1H2;;;;;;. The molecule has 0 aromatic rings. The second kappa shape index (κ2) is 24.2. The Morgan fingerprint density at radius 2 is 0.909 bits per heavy atom. The van der Waals surface area contributed by atoms with Gasteiger partial charge in [-0.1, -0.05) is 0 Å². The van der Waals surface area contributed by atoms with Gasteiger partial charge in [-0.2, -0.15) is 0 Å². The molecule has 0 heterocycles. The minimum Gasteiger partial charge on any atom is 0 e. The predicted molar refractivity (Wildman–Crippen MR) is 36.7 cm³/mol. The molecule has 0 fully saturated rings. The van der Waals surface area contributed by atoms with Crippen LogP contribution in [0, 0.1) is 41.7 Å². The zero-order valence-electron chi connectivity index (χ0n) is 4.22. The van der Waals surface area contributed by atoms with Crippen molar-refractivity contribution in [1.29, 1.82) is 0 Å². The minimum absolute atomic E-state index is 0. The molecule has 0 aromatic heterocycles. The smallest absolute Gasteiger partial charge is 0 e. The van der Waals surface area contributed by atoms with Gasteiger partial charge in [0, 0.05) is 91.5 Å². The van der Waals surface area contributed by atoms with Crippen LogP contribution in [-0.4, -0.2) is 88.8 Å². The maximum Gasteiger partial charge on any atom is 0 e. The second-order valence-electron chi connectivity index (χ2n) is 0.600. The van der Waals surface area contributed by atoms with Crippen LogP contribution in [0.5, 0.6) is 0 Å². The number of rotatable bonds is 0. The van der Waals surface area contributed by atoms with E-state index in [0.29, 0.717) is 0 Å². The van der Waals surface area contributed by atoms with Gasteiger partial charge in [0.25, 0.3) is 0 Å². The summed E-state index contributed by atoms with van der Waals surface area (Å²) in [7, 11) is -4.61. The Kier molecular flexibility index (Phi) is 98.2. The third kappa shape index (κ3) is 105. The maximum atomic E-state index is 7.33. The minimum atomic E-state index is -4.61. The molecule has 0 atom stereocenters. The van der Waals surface area contributed by atoms with Crippen molar-refractivity contribution in [2.24, 2.45) is 0 Å². The number of hydrogen-bond donors (Lipinski definition) is 4. The average Bonchev–Trinajstić information content (AvgIpc) is 0.722. The normalized spacial score (nSPS) is 5.45. The second-order valence-corrected chi connectivity index (χ2v) is 1.80. The molecule has 5 nitrogen and oxygen atoms in total. The van der Waals surface area contributed by atoms with Gasteiger partial charge in [0.2, 0.25) is 0 Å². The van der Waals surface area contributed by atoms with E-state index in [1.807, 2.05) is 0 Å². The summed E-state index contributed by atoms with van der Waals surface area (Å²) >= 11 is 0. The van der Waals surface area contributed by atoms with Crippen molar-refractivity contribution in [3.05, 3.63) is 0 Å². The van der Waals surface area contributed by atoms with Gasteiger partial charge in [0.05, 0.1) is 0 Å². The third-order valence-corrected chi connectivity index (χ3v) is 0. The topological polar surface area (TPSA) is 112 Å². The molecule has 0 saturated carbocycles. The van der Waals surface area contributed by atoms with E-state index in [1.165, 1.54) is 0 Å². The SMILES string of the molecule is O.O[Si](O)(O)O.[AlH3].[CaH2].[Ce].[Fe].[Y]. The molecule has 0 saturated heterocycles. The molecule has 0 aliphatic heterocycles. The monoisotopic (exact) mass is 471 g/mol. The molecule has 0 bridgehead atoms. The van der Waals surface area contributed by atoms with E-state index in [2.05, 4.69) is 0 Å². The molecule has 0 spiro atoms. The summed E-state index contributed by atoms with van der Waals surface area (Å²) in [6.45, 7) is 0. The summed E-state index contributed by atoms with van der Waals surface area (Å²) in [6, 6.07) is 0. The summed E-state index contributed by atoms with van der Waals surface area (Å²) < 4.78 is 0. The van der Waals surface area contributed by atoms with Gasteiger partial charge < -0.3 is 24.7 Å². The summed E-state index contributed by atoms with van der Waals surface area (Å²) in [5, 5.41) is 0. The third-order valence-electron chi connectivity index (χ3n) is 0. The predicted octanol–water partition coefficient (Wildman–Crippen LogP) is -5.54. The first-order chi connectivity index (χ1) is 2.00. The molecule has 65 valence electrons. The first-order valence-electron chi connectivity index (χ1n) is 0.894. The Labute approximate surface area is 176 Å². The Bertz CT molecular complexity index is 42.0. The summed E-state index contributed by atoms with van der Waals surface area (Å²) in [4.78, 5) is 29.3. The van der Waals surface area contributed by atoms with E-state index in [1.54, 1.807) is 0 Å². The Balaban J connectivity index is -0.00000000533. The molecule has 0 aromatic carbocycles. The quantitative estimate of drug-likeness (QED) is 0.264. The van der Waals surface area contributed by atoms with Crippen molar-refractivity contribution < 1.29 is 116 Å². The van der Waals surface area contributed by atoms with Crippen molar-refractivity contribution in [1.82, 2.24) is 0 Å². The fourth-order valence-corrected chi connectivity index (χ4v) is 0. The van der Waals surface area contributed by atoms with E-state index < -0.39 is 9.05 Å². The van der Waals surface area contributed by atoms with Crippen molar-refractivity contribution >= 4 is 64.1 Å². The molecule has 0 unspecified atom stereocenters. The zero-order valence-corrected chi connectivity index (χ0v) is 12.3. The first kappa shape index (κ1) is 44.7. The van der Waals surface area contributed by atoms with E-state index in [0.717, 1.165) is 0 Å². The van der Waals surface area contributed by atoms with Crippen LogP contribution in [0.15, 0.2) is 0 Å². The zero-order chi connectivity index (χ0) is 4.50. The molecule has 6 N–H and O–H groups in total. The molecule has 11 heteroatoms. The Morgan fingerprint density at radius 1 is 0.909 bits per heavy atom. The fraction of sp³-hybridized carbons (Fsp3) is 0. The molecular formula is H11AlCaCeFeO5SiY. The van der Waals surface area contributed by atoms with Crippen LogP contribution in [0.4, 0.5) is 0 Å². The molecule has 1 radical (unpaired) electrons. The Hall–Kier alpha value is 4.81. The molecule has 0 aliphatic rings. The van der Waals surface area contributed by atoms with Crippen LogP contribution in [-0.2, 0) is 49.8 Å². The van der Waals surface area contributed by atoms with Crippen molar-refractivity contribution in [2.45, 2.75) is 0 Å². The molecular weight excluding hydrogens is 460 g/mol. The van der Waals surface area contributed by atoms with Crippen molar-refractivity contribution in [3.8, 4) is 0 Å². The maximum absolute atomic E-state index is 7.33. The average molecular weight is 471 g/mol. The van der Waals surface area contributed by atoms with Crippen molar-refractivity contribution in [3.63, 3.8) is 0 Å². The van der Waals surface area contributed by atoms with Crippen LogP contribution in [0.3, 0.4) is 0 Å². The summed E-state index contributed by atoms with van der Waals surface area (Å²) in [6.07, 6.45) is 0. The van der Waals surface area contributed by atoms with Gasteiger partial charge in [-0.3, -0.25) is 0 Å². The van der Waals surface area contributed by atoms with Gasteiger partial charge in [-0.05, 0) is 0 Å². The van der Waals surface area contributed by atoms with Crippen molar-refractivity contribution in [2.75, 3.05) is 0 Å². The summed E-state index contributed by atoms with van der Waals surface area (Å²) in [5.74, 6) is 0. The van der Waals surface area contributed by atoms with Crippen LogP contribution < -0.4 is 0 Å². The van der Waals surface area contributed by atoms with Crippen LogP contribution in [0.25, 0.3) is 0 Å². The van der Waals surface area contributed by atoms with Crippen LogP contribution >= 0.6 is 0 Å². The van der Waals surface area contributed by atoms with Crippen LogP contribution in [0.1, 0.15) is 0 Å². The van der Waals surface area contributed by atoms with Gasteiger partial charge >= 0.3 is 46.8 Å². The van der Waals surface area contributed by atoms with E-state index in [4.69, 9.17) is 19.2 Å². The Morgan fingerprint density at radius 3 is 0.909 bits per heavy atom. The van der Waals surface area contributed by atoms with Gasteiger partial charge in [0.15, 0.2) is 17.4 Å². The van der Waals surface area contributed by atoms with E-state index >= 15 is 0 Å². The largest absolute Gasteiger partial charge is 0 e. The van der Waals surface area contributed by atoms with Gasteiger partial charge in [0.1, 0.15) is 0 Å². The van der Waals surface area contributed by atoms with Crippen LogP contribution in [0.2, 0.25) is 0 Å². The molecule has 0 aliphatic carbocycles.